The summed E-state index contributed by atoms with van der Waals surface area (Å²) in [6.07, 6.45) is 0.0720. The Hall–Kier alpha value is -3.24. The van der Waals surface area contributed by atoms with Gasteiger partial charge in [0.15, 0.2) is 0 Å². The molecule has 2 heterocycles. The van der Waals surface area contributed by atoms with Crippen LogP contribution in [0.5, 0.6) is 0 Å². The van der Waals surface area contributed by atoms with E-state index < -0.39 is 11.7 Å². The van der Waals surface area contributed by atoms with Gasteiger partial charge in [-0.3, -0.25) is 0 Å². The zero-order valence-corrected chi connectivity index (χ0v) is 15.1. The number of aliphatic hydroxyl groups excluding tert-OH is 1. The normalized spacial score (nSPS) is 12.2. The highest BCUT2D eigenvalue weighted by Gasteiger charge is 2.33. The number of pyridine rings is 1. The molecule has 4 nitrogen and oxygen atoms in total. The number of benzene rings is 1. The number of allylic oxidation sites excluding steroid dienone is 1. The Morgan fingerprint density at radius 2 is 2.07 bits per heavy atom. The van der Waals surface area contributed by atoms with Gasteiger partial charge in [0.25, 0.3) is 0 Å². The van der Waals surface area contributed by atoms with Crippen molar-refractivity contribution in [3.05, 3.63) is 82.3 Å². The van der Waals surface area contributed by atoms with E-state index in [0.717, 1.165) is 6.07 Å². The van der Waals surface area contributed by atoms with Gasteiger partial charge >= 0.3 is 6.18 Å². The van der Waals surface area contributed by atoms with Crippen molar-refractivity contribution in [1.82, 2.24) is 9.55 Å². The van der Waals surface area contributed by atoms with Gasteiger partial charge in [-0.15, -0.1) is 0 Å². The SMILES string of the molecule is C=C(O)/C(C#N)=C/c1cn(Cc2cccc(C(F)(F)F)c2Cl)c2ncccc12. The predicted molar refractivity (Wildman–Crippen MR) is 101 cm³/mol. The van der Waals surface area contributed by atoms with Crippen molar-refractivity contribution in [2.45, 2.75) is 12.7 Å². The van der Waals surface area contributed by atoms with Gasteiger partial charge in [0.2, 0.25) is 0 Å². The fraction of sp³-hybridized carbons (Fsp3) is 0.100. The van der Waals surface area contributed by atoms with Crippen LogP contribution in [-0.2, 0) is 12.7 Å². The molecule has 3 rings (SSSR count). The van der Waals surface area contributed by atoms with Crippen LogP contribution in [0.3, 0.4) is 0 Å². The lowest BCUT2D eigenvalue weighted by Crippen LogP contribution is -2.08. The maximum atomic E-state index is 13.1. The van der Waals surface area contributed by atoms with Gasteiger partial charge in [-0.1, -0.05) is 30.3 Å². The summed E-state index contributed by atoms with van der Waals surface area (Å²) in [5.41, 5.74) is 0.419. The molecule has 0 bridgehead atoms. The Labute approximate surface area is 163 Å². The number of alkyl halides is 3. The number of hydrogen-bond donors (Lipinski definition) is 1. The highest BCUT2D eigenvalue weighted by atomic mass is 35.5. The number of aliphatic hydroxyl groups is 1. The van der Waals surface area contributed by atoms with Crippen LogP contribution in [-0.4, -0.2) is 14.7 Å². The third-order valence-electron chi connectivity index (χ3n) is 4.12. The molecule has 0 aliphatic heterocycles. The zero-order chi connectivity index (χ0) is 20.5. The third kappa shape index (κ3) is 3.73. The minimum atomic E-state index is -4.55. The van der Waals surface area contributed by atoms with E-state index >= 15 is 0 Å². The van der Waals surface area contributed by atoms with Gasteiger partial charge in [-0.2, -0.15) is 18.4 Å². The average molecular weight is 404 g/mol. The molecule has 142 valence electrons. The molecule has 8 heteroatoms. The highest BCUT2D eigenvalue weighted by Crippen LogP contribution is 2.36. The van der Waals surface area contributed by atoms with Crippen LogP contribution in [0.25, 0.3) is 17.1 Å². The monoisotopic (exact) mass is 403 g/mol. The van der Waals surface area contributed by atoms with Crippen molar-refractivity contribution < 1.29 is 18.3 Å². The predicted octanol–water partition coefficient (Wildman–Crippen LogP) is 5.74. The van der Waals surface area contributed by atoms with Crippen molar-refractivity contribution in [2.24, 2.45) is 0 Å². The van der Waals surface area contributed by atoms with Crippen molar-refractivity contribution in [1.29, 1.82) is 5.26 Å². The third-order valence-corrected chi connectivity index (χ3v) is 4.57. The molecule has 0 spiro atoms. The summed E-state index contributed by atoms with van der Waals surface area (Å²) in [6.45, 7) is 3.39. The van der Waals surface area contributed by atoms with E-state index in [0.29, 0.717) is 16.6 Å². The second-order valence-corrected chi connectivity index (χ2v) is 6.36. The molecular weight excluding hydrogens is 391 g/mol. The Kier molecular flexibility index (Phi) is 5.16. The van der Waals surface area contributed by atoms with Crippen molar-refractivity contribution in [3.8, 4) is 6.07 Å². The van der Waals surface area contributed by atoms with Gasteiger partial charge in [-0.05, 0) is 29.8 Å². The number of aromatic nitrogens is 2. The minimum Gasteiger partial charge on any atom is -0.507 e. The maximum absolute atomic E-state index is 13.1. The highest BCUT2D eigenvalue weighted by molar-refractivity contribution is 6.32. The quantitative estimate of drug-likeness (QED) is 0.343. The number of nitrogens with zero attached hydrogens (tertiary/aromatic N) is 3. The van der Waals surface area contributed by atoms with E-state index in [9.17, 15) is 18.3 Å². The molecule has 1 aromatic carbocycles. The Morgan fingerprint density at radius 3 is 2.71 bits per heavy atom. The minimum absolute atomic E-state index is 0.0278. The average Bonchev–Trinajstić information content (AvgIpc) is 2.98. The van der Waals surface area contributed by atoms with E-state index in [2.05, 4.69) is 11.6 Å². The molecule has 0 radical (unpaired) electrons. The zero-order valence-electron chi connectivity index (χ0n) is 14.3. The lowest BCUT2D eigenvalue weighted by Gasteiger charge is -2.13. The molecule has 2 aromatic heterocycles. The van der Waals surface area contributed by atoms with Gasteiger partial charge in [0.05, 0.1) is 22.7 Å². The van der Waals surface area contributed by atoms with E-state index in [1.165, 1.54) is 18.2 Å². The molecule has 0 saturated carbocycles. The van der Waals surface area contributed by atoms with Crippen molar-refractivity contribution >= 4 is 28.7 Å². The lowest BCUT2D eigenvalue weighted by molar-refractivity contribution is -0.137. The second kappa shape index (κ2) is 7.41. The lowest BCUT2D eigenvalue weighted by atomic mass is 10.1. The Balaban J connectivity index is 2.12. The molecule has 3 aromatic rings. The van der Waals surface area contributed by atoms with E-state index in [-0.39, 0.29) is 28.5 Å². The number of fused-ring (bicyclic) bond motifs is 1. The van der Waals surface area contributed by atoms with Crippen LogP contribution < -0.4 is 0 Å². The first-order valence-electron chi connectivity index (χ1n) is 8.01. The fourth-order valence-electron chi connectivity index (χ4n) is 2.83. The van der Waals surface area contributed by atoms with E-state index in [1.54, 1.807) is 29.1 Å². The first kappa shape index (κ1) is 19.5. The summed E-state index contributed by atoms with van der Waals surface area (Å²) in [6, 6.07) is 9.04. The smallest absolute Gasteiger partial charge is 0.417 e. The Morgan fingerprint density at radius 1 is 1.32 bits per heavy atom. The molecule has 0 saturated heterocycles. The molecule has 0 aliphatic rings. The molecular formula is C20H13ClF3N3O. The van der Waals surface area contributed by atoms with Crippen molar-refractivity contribution in [2.75, 3.05) is 0 Å². The van der Waals surface area contributed by atoms with Crippen LogP contribution in [0, 0.1) is 11.3 Å². The summed E-state index contributed by atoms with van der Waals surface area (Å²) in [4.78, 5) is 4.28. The molecule has 0 atom stereocenters. The number of halogens is 4. The topological polar surface area (TPSA) is 61.8 Å². The van der Waals surface area contributed by atoms with Crippen molar-refractivity contribution in [3.63, 3.8) is 0 Å². The van der Waals surface area contributed by atoms with Crippen LogP contribution in [0.4, 0.5) is 13.2 Å². The molecule has 0 amide bonds. The van der Waals surface area contributed by atoms with E-state index in [4.69, 9.17) is 16.9 Å². The van der Waals surface area contributed by atoms with E-state index in [1.807, 2.05) is 6.07 Å². The van der Waals surface area contributed by atoms with Crippen LogP contribution >= 0.6 is 11.6 Å². The summed E-state index contributed by atoms with van der Waals surface area (Å²) >= 11 is 6.00. The molecule has 0 aliphatic carbocycles. The van der Waals surface area contributed by atoms with Crippen LogP contribution in [0.2, 0.25) is 5.02 Å². The largest absolute Gasteiger partial charge is 0.507 e. The second-order valence-electron chi connectivity index (χ2n) is 5.98. The van der Waals surface area contributed by atoms with Gasteiger partial charge in [0, 0.05) is 23.3 Å². The standard InChI is InChI=1S/C20H13ClF3N3O/c1-12(28)14(9-25)8-15-11-27(19-16(15)5-3-7-26-19)10-13-4-2-6-17(18(13)21)20(22,23)24/h2-8,11,28H,1,10H2/b14-8+. The Bertz CT molecular complexity index is 1140. The number of hydrogen-bond acceptors (Lipinski definition) is 3. The number of rotatable bonds is 4. The van der Waals surface area contributed by atoms with Crippen LogP contribution in [0.15, 0.2) is 60.6 Å². The molecule has 28 heavy (non-hydrogen) atoms. The van der Waals surface area contributed by atoms with Crippen LogP contribution in [0.1, 0.15) is 16.7 Å². The first-order valence-corrected chi connectivity index (χ1v) is 8.38. The molecule has 0 unspecified atom stereocenters. The van der Waals surface area contributed by atoms with Gasteiger partial charge < -0.3 is 9.67 Å². The molecule has 0 fully saturated rings. The van der Waals surface area contributed by atoms with Gasteiger partial charge in [-0.25, -0.2) is 4.98 Å². The summed E-state index contributed by atoms with van der Waals surface area (Å²) in [5.74, 6) is -0.381. The summed E-state index contributed by atoms with van der Waals surface area (Å²) < 4.78 is 41.0. The van der Waals surface area contributed by atoms with Gasteiger partial charge in [0.1, 0.15) is 17.5 Å². The molecule has 1 N–H and O–H groups in total. The summed E-state index contributed by atoms with van der Waals surface area (Å²) in [7, 11) is 0. The maximum Gasteiger partial charge on any atom is 0.417 e. The summed E-state index contributed by atoms with van der Waals surface area (Å²) in [5, 5.41) is 18.9. The number of nitriles is 1. The fourth-order valence-corrected chi connectivity index (χ4v) is 3.12. The first-order chi connectivity index (χ1) is 13.2.